The average Bonchev–Trinajstić information content (AvgIpc) is 2.45. The molecule has 2 aromatic carbocycles. The van der Waals surface area contributed by atoms with Crippen molar-refractivity contribution in [3.8, 4) is 0 Å². The van der Waals surface area contributed by atoms with Crippen molar-refractivity contribution in [3.63, 3.8) is 0 Å². The Hall–Kier alpha value is -1.42. The molecule has 19 heavy (non-hydrogen) atoms. The van der Waals surface area contributed by atoms with Crippen LogP contribution in [0.4, 0.5) is 4.39 Å². The number of benzene rings is 2. The van der Waals surface area contributed by atoms with Gasteiger partial charge in [-0.05, 0) is 30.0 Å². The van der Waals surface area contributed by atoms with Crippen molar-refractivity contribution in [1.29, 1.82) is 0 Å². The Bertz CT molecular complexity index is 531. The number of halogens is 2. The fraction of sp³-hybridized carbons (Fsp3) is 0.200. The van der Waals surface area contributed by atoms with E-state index < -0.39 is 5.82 Å². The van der Waals surface area contributed by atoms with Crippen LogP contribution in [0.25, 0.3) is 0 Å². The zero-order valence-corrected chi connectivity index (χ0v) is 11.2. The van der Waals surface area contributed by atoms with Crippen molar-refractivity contribution in [3.05, 3.63) is 70.5 Å². The van der Waals surface area contributed by atoms with Gasteiger partial charge in [0.05, 0.1) is 5.02 Å². The molecule has 0 spiro atoms. The fourth-order valence-corrected chi connectivity index (χ4v) is 2.33. The van der Waals surface area contributed by atoms with Crippen LogP contribution >= 0.6 is 11.6 Å². The van der Waals surface area contributed by atoms with Gasteiger partial charge in [0.15, 0.2) is 0 Å². The lowest BCUT2D eigenvalue weighted by atomic mass is 9.99. The van der Waals surface area contributed by atoms with E-state index in [0.29, 0.717) is 5.56 Å². The molecule has 0 fully saturated rings. The van der Waals surface area contributed by atoms with Gasteiger partial charge in [0, 0.05) is 6.04 Å². The molecule has 1 unspecified atom stereocenters. The minimum atomic E-state index is -0.417. The van der Waals surface area contributed by atoms with E-state index >= 15 is 0 Å². The summed E-state index contributed by atoms with van der Waals surface area (Å²) in [7, 11) is 0. The number of hydrazine groups is 1. The molecule has 0 saturated carbocycles. The predicted molar refractivity (Wildman–Crippen MR) is 76.2 cm³/mol. The van der Waals surface area contributed by atoms with Crippen LogP contribution in [0.15, 0.2) is 48.5 Å². The van der Waals surface area contributed by atoms with Crippen molar-refractivity contribution >= 4 is 11.6 Å². The van der Waals surface area contributed by atoms with Crippen molar-refractivity contribution in [2.24, 2.45) is 5.84 Å². The second-order valence-electron chi connectivity index (χ2n) is 4.39. The maximum Gasteiger partial charge on any atom is 0.142 e. The van der Waals surface area contributed by atoms with Gasteiger partial charge in [0.25, 0.3) is 0 Å². The van der Waals surface area contributed by atoms with E-state index in [-0.39, 0.29) is 11.1 Å². The molecule has 0 heterocycles. The molecule has 0 aliphatic heterocycles. The summed E-state index contributed by atoms with van der Waals surface area (Å²) in [6.07, 6.45) is 1.60. The molecule has 2 aromatic rings. The zero-order valence-electron chi connectivity index (χ0n) is 10.4. The fourth-order valence-electron chi connectivity index (χ4n) is 2.07. The van der Waals surface area contributed by atoms with Gasteiger partial charge < -0.3 is 0 Å². The molecule has 100 valence electrons. The van der Waals surface area contributed by atoms with E-state index in [9.17, 15) is 4.39 Å². The highest BCUT2D eigenvalue weighted by atomic mass is 35.5. The first-order valence-corrected chi connectivity index (χ1v) is 6.54. The molecule has 0 saturated heterocycles. The molecule has 0 bridgehead atoms. The van der Waals surface area contributed by atoms with Gasteiger partial charge in [-0.3, -0.25) is 11.3 Å². The van der Waals surface area contributed by atoms with E-state index in [1.165, 1.54) is 11.6 Å². The molecule has 0 aromatic heterocycles. The minimum absolute atomic E-state index is 0.138. The lowest BCUT2D eigenvalue weighted by molar-refractivity contribution is 0.512. The predicted octanol–water partition coefficient (Wildman–Crippen LogP) is 3.62. The smallest absolute Gasteiger partial charge is 0.142 e. The Kier molecular flexibility index (Phi) is 4.91. The summed E-state index contributed by atoms with van der Waals surface area (Å²) in [5, 5.41) is 0.138. The van der Waals surface area contributed by atoms with E-state index in [1.807, 2.05) is 18.2 Å². The van der Waals surface area contributed by atoms with E-state index in [0.717, 1.165) is 12.8 Å². The molecule has 2 nitrogen and oxygen atoms in total. The second kappa shape index (κ2) is 6.66. The lowest BCUT2D eigenvalue weighted by Gasteiger charge is -2.18. The summed E-state index contributed by atoms with van der Waals surface area (Å²) in [4.78, 5) is 0. The molecule has 0 amide bonds. The number of nitrogens with one attached hydrogen (secondary N) is 1. The number of aryl methyl sites for hydroxylation is 1. The third-order valence-electron chi connectivity index (χ3n) is 3.12. The first-order chi connectivity index (χ1) is 9.22. The second-order valence-corrected chi connectivity index (χ2v) is 4.76. The van der Waals surface area contributed by atoms with Crippen LogP contribution in [-0.2, 0) is 6.42 Å². The van der Waals surface area contributed by atoms with Crippen LogP contribution in [0.5, 0.6) is 0 Å². The third kappa shape index (κ3) is 3.53. The largest absolute Gasteiger partial charge is 0.271 e. The standard InChI is InChI=1S/C15H16ClFN2/c16-15-12(7-4-8-13(15)17)14(19-18)10-9-11-5-2-1-3-6-11/h1-8,14,19H,9-10,18H2. The highest BCUT2D eigenvalue weighted by molar-refractivity contribution is 6.31. The number of nitrogens with two attached hydrogens (primary N) is 1. The summed E-state index contributed by atoms with van der Waals surface area (Å²) in [5.74, 6) is 5.14. The summed E-state index contributed by atoms with van der Waals surface area (Å²) in [6, 6.07) is 14.7. The van der Waals surface area contributed by atoms with Gasteiger partial charge in [-0.25, -0.2) is 4.39 Å². The summed E-state index contributed by atoms with van der Waals surface area (Å²) < 4.78 is 13.4. The maximum absolute atomic E-state index is 13.4. The maximum atomic E-state index is 13.4. The van der Waals surface area contributed by atoms with Gasteiger partial charge in [-0.15, -0.1) is 0 Å². The van der Waals surface area contributed by atoms with E-state index in [4.69, 9.17) is 17.4 Å². The van der Waals surface area contributed by atoms with Crippen molar-refractivity contribution < 1.29 is 4.39 Å². The Morgan fingerprint density at radius 2 is 1.84 bits per heavy atom. The summed E-state index contributed by atoms with van der Waals surface area (Å²) >= 11 is 5.98. The van der Waals surface area contributed by atoms with Crippen LogP contribution in [0, 0.1) is 5.82 Å². The zero-order chi connectivity index (χ0) is 13.7. The van der Waals surface area contributed by atoms with Gasteiger partial charge in [0.2, 0.25) is 0 Å². The molecule has 0 radical (unpaired) electrons. The highest BCUT2D eigenvalue weighted by Gasteiger charge is 2.15. The molecule has 3 N–H and O–H groups in total. The SMILES string of the molecule is NNC(CCc1ccccc1)c1cccc(F)c1Cl. The van der Waals surface area contributed by atoms with Crippen LogP contribution in [0.3, 0.4) is 0 Å². The number of hydrogen-bond donors (Lipinski definition) is 2. The molecular weight excluding hydrogens is 263 g/mol. The quantitative estimate of drug-likeness (QED) is 0.648. The van der Waals surface area contributed by atoms with Gasteiger partial charge in [-0.1, -0.05) is 54.1 Å². The molecule has 0 aliphatic carbocycles. The van der Waals surface area contributed by atoms with Crippen molar-refractivity contribution in [1.82, 2.24) is 5.43 Å². The normalized spacial score (nSPS) is 12.4. The molecule has 1 atom stereocenters. The van der Waals surface area contributed by atoms with Crippen LogP contribution in [0.1, 0.15) is 23.6 Å². The lowest BCUT2D eigenvalue weighted by Crippen LogP contribution is -2.28. The average molecular weight is 279 g/mol. The number of hydrogen-bond acceptors (Lipinski definition) is 2. The minimum Gasteiger partial charge on any atom is -0.271 e. The van der Waals surface area contributed by atoms with Crippen LogP contribution in [-0.4, -0.2) is 0 Å². The van der Waals surface area contributed by atoms with Crippen molar-refractivity contribution in [2.75, 3.05) is 0 Å². The van der Waals surface area contributed by atoms with Crippen LogP contribution < -0.4 is 11.3 Å². The third-order valence-corrected chi connectivity index (χ3v) is 3.52. The van der Waals surface area contributed by atoms with Gasteiger partial charge in [0.1, 0.15) is 5.82 Å². The van der Waals surface area contributed by atoms with Gasteiger partial charge in [-0.2, -0.15) is 0 Å². The molecule has 2 rings (SSSR count). The Morgan fingerprint density at radius 1 is 1.11 bits per heavy atom. The highest BCUT2D eigenvalue weighted by Crippen LogP contribution is 2.27. The summed E-state index contributed by atoms with van der Waals surface area (Å²) in [6.45, 7) is 0. The Balaban J connectivity index is 2.10. The Labute approximate surface area is 117 Å². The van der Waals surface area contributed by atoms with E-state index in [1.54, 1.807) is 12.1 Å². The molecule has 0 aliphatic rings. The monoisotopic (exact) mass is 278 g/mol. The first kappa shape index (κ1) is 14.0. The molecule has 4 heteroatoms. The Morgan fingerprint density at radius 3 is 2.53 bits per heavy atom. The van der Waals surface area contributed by atoms with Crippen LogP contribution in [0.2, 0.25) is 5.02 Å². The first-order valence-electron chi connectivity index (χ1n) is 6.16. The summed E-state index contributed by atoms with van der Waals surface area (Å²) in [5.41, 5.74) is 4.62. The number of rotatable bonds is 5. The van der Waals surface area contributed by atoms with Gasteiger partial charge >= 0.3 is 0 Å². The van der Waals surface area contributed by atoms with E-state index in [2.05, 4.69) is 17.6 Å². The molecular formula is C15H16ClFN2. The topological polar surface area (TPSA) is 38.0 Å². The van der Waals surface area contributed by atoms with Crippen molar-refractivity contribution in [2.45, 2.75) is 18.9 Å².